The lowest BCUT2D eigenvalue weighted by Crippen LogP contribution is -2.20. The second kappa shape index (κ2) is 9.02. The molecule has 0 radical (unpaired) electrons. The van der Waals surface area contributed by atoms with Crippen LogP contribution in [0.3, 0.4) is 0 Å². The lowest BCUT2D eigenvalue weighted by molar-refractivity contribution is -0.118. The Hall–Kier alpha value is -3.66. The second-order valence-electron chi connectivity index (χ2n) is 5.73. The van der Waals surface area contributed by atoms with Gasteiger partial charge in [0.2, 0.25) is 5.88 Å². The van der Waals surface area contributed by atoms with Crippen molar-refractivity contribution in [3.8, 4) is 11.6 Å². The van der Waals surface area contributed by atoms with E-state index in [0.29, 0.717) is 11.4 Å². The van der Waals surface area contributed by atoms with Crippen LogP contribution in [0, 0.1) is 0 Å². The van der Waals surface area contributed by atoms with Crippen molar-refractivity contribution in [1.82, 2.24) is 9.97 Å². The number of nitrogens with zero attached hydrogens (tertiary/aromatic N) is 2. The number of amides is 1. The summed E-state index contributed by atoms with van der Waals surface area (Å²) in [7, 11) is -2.45. The van der Waals surface area contributed by atoms with Crippen LogP contribution in [0.4, 0.5) is 11.5 Å². The maximum Gasteiger partial charge on any atom is 0.263 e. The number of anilines is 2. The van der Waals surface area contributed by atoms with Crippen molar-refractivity contribution in [1.29, 1.82) is 0 Å². The number of methoxy groups -OCH3 is 1. The van der Waals surface area contributed by atoms with Gasteiger partial charge in [-0.15, -0.1) is 0 Å². The lowest BCUT2D eigenvalue weighted by atomic mass is 10.3. The van der Waals surface area contributed by atoms with Crippen LogP contribution in [0.1, 0.15) is 0 Å². The predicted octanol–water partition coefficient (Wildman–Crippen LogP) is 2.30. The molecule has 10 heteroatoms. The molecule has 2 aromatic carbocycles. The third kappa shape index (κ3) is 5.66. The molecule has 0 atom stereocenters. The summed E-state index contributed by atoms with van der Waals surface area (Å²) >= 11 is 0. The van der Waals surface area contributed by atoms with Crippen LogP contribution < -0.4 is 19.5 Å². The molecule has 9 nitrogen and oxygen atoms in total. The van der Waals surface area contributed by atoms with Gasteiger partial charge in [0.1, 0.15) is 17.9 Å². The monoisotopic (exact) mass is 414 g/mol. The Morgan fingerprint density at radius 2 is 1.76 bits per heavy atom. The molecule has 0 fully saturated rings. The fourth-order valence-corrected chi connectivity index (χ4v) is 3.28. The summed E-state index contributed by atoms with van der Waals surface area (Å²) < 4.78 is 37.6. The van der Waals surface area contributed by atoms with E-state index in [0.717, 1.165) is 0 Å². The molecule has 1 aromatic heterocycles. The standard InChI is InChI=1S/C19H18N4O5S/c1-27-19-11-17(20-13-21-19)23-29(25,26)16-9-7-14(8-10-16)22-18(24)12-28-15-5-3-2-4-6-15/h2-11,13H,12H2,1H3,(H,22,24)(H,20,21,23). The number of benzene rings is 2. The van der Waals surface area contributed by atoms with Gasteiger partial charge in [0.05, 0.1) is 12.0 Å². The van der Waals surface area contributed by atoms with Crippen LogP contribution in [0.25, 0.3) is 0 Å². The van der Waals surface area contributed by atoms with Gasteiger partial charge in [-0.2, -0.15) is 0 Å². The van der Waals surface area contributed by atoms with E-state index in [9.17, 15) is 13.2 Å². The van der Waals surface area contributed by atoms with Gasteiger partial charge < -0.3 is 14.8 Å². The number of ether oxygens (including phenoxy) is 2. The summed E-state index contributed by atoms with van der Waals surface area (Å²) in [4.78, 5) is 19.6. The molecule has 2 N–H and O–H groups in total. The van der Waals surface area contributed by atoms with Gasteiger partial charge >= 0.3 is 0 Å². The summed E-state index contributed by atoms with van der Waals surface area (Å²) in [5.74, 6) is 0.521. The highest BCUT2D eigenvalue weighted by atomic mass is 32.2. The largest absolute Gasteiger partial charge is 0.484 e. The summed E-state index contributed by atoms with van der Waals surface area (Å²) in [6.45, 7) is -0.166. The van der Waals surface area contributed by atoms with Crippen molar-refractivity contribution >= 4 is 27.4 Å². The fraction of sp³-hybridized carbons (Fsp3) is 0.105. The Balaban J connectivity index is 1.60. The molecule has 29 heavy (non-hydrogen) atoms. The summed E-state index contributed by atoms with van der Waals surface area (Å²) in [6.07, 6.45) is 1.19. The SMILES string of the molecule is COc1cc(NS(=O)(=O)c2ccc(NC(=O)COc3ccccc3)cc2)ncn1. The van der Waals surface area contributed by atoms with Crippen LogP contribution in [0.5, 0.6) is 11.6 Å². The van der Waals surface area contributed by atoms with Gasteiger partial charge in [0.25, 0.3) is 15.9 Å². The normalized spacial score (nSPS) is 10.8. The quantitative estimate of drug-likeness (QED) is 0.580. The topological polar surface area (TPSA) is 120 Å². The minimum absolute atomic E-state index is 0.00798. The molecule has 0 aliphatic carbocycles. The average molecular weight is 414 g/mol. The van der Waals surface area contributed by atoms with E-state index in [2.05, 4.69) is 20.0 Å². The molecule has 0 spiro atoms. The molecule has 0 saturated heterocycles. The Labute approximate surface area is 167 Å². The number of aromatic nitrogens is 2. The molecule has 0 unspecified atom stereocenters. The van der Waals surface area contributed by atoms with Crippen molar-refractivity contribution in [2.45, 2.75) is 4.90 Å². The minimum Gasteiger partial charge on any atom is -0.484 e. The smallest absolute Gasteiger partial charge is 0.263 e. The first-order valence-corrected chi connectivity index (χ1v) is 9.91. The van der Waals surface area contributed by atoms with Gasteiger partial charge in [-0.3, -0.25) is 9.52 Å². The number of carbonyl (C=O) groups is 1. The molecule has 3 aromatic rings. The molecule has 0 aliphatic rings. The number of carbonyl (C=O) groups excluding carboxylic acids is 1. The highest BCUT2D eigenvalue weighted by molar-refractivity contribution is 7.92. The summed E-state index contributed by atoms with van der Waals surface area (Å²) in [5, 5.41) is 2.64. The van der Waals surface area contributed by atoms with Crippen LogP contribution in [-0.4, -0.2) is 38.0 Å². The van der Waals surface area contributed by atoms with E-state index in [-0.39, 0.29) is 29.1 Å². The van der Waals surface area contributed by atoms with Crippen molar-refractivity contribution in [2.75, 3.05) is 23.8 Å². The molecule has 3 rings (SSSR count). The molecule has 150 valence electrons. The molecule has 0 bridgehead atoms. The lowest BCUT2D eigenvalue weighted by Gasteiger charge is -2.10. The van der Waals surface area contributed by atoms with Gasteiger partial charge in [-0.05, 0) is 36.4 Å². The molecular weight excluding hydrogens is 396 g/mol. The molecule has 1 amide bonds. The van der Waals surface area contributed by atoms with E-state index >= 15 is 0 Å². The van der Waals surface area contributed by atoms with Gasteiger partial charge in [-0.1, -0.05) is 18.2 Å². The van der Waals surface area contributed by atoms with Gasteiger partial charge in [-0.25, -0.2) is 18.4 Å². The van der Waals surface area contributed by atoms with Gasteiger partial charge in [0.15, 0.2) is 6.61 Å². The van der Waals surface area contributed by atoms with Crippen LogP contribution in [0.15, 0.2) is 71.9 Å². The van der Waals surface area contributed by atoms with Crippen LogP contribution >= 0.6 is 0 Å². The van der Waals surface area contributed by atoms with Crippen molar-refractivity contribution in [2.24, 2.45) is 0 Å². The highest BCUT2D eigenvalue weighted by Crippen LogP contribution is 2.19. The van der Waals surface area contributed by atoms with Crippen LogP contribution in [0.2, 0.25) is 0 Å². The first-order chi connectivity index (χ1) is 14.0. The zero-order valence-corrected chi connectivity index (χ0v) is 16.2. The first-order valence-electron chi connectivity index (χ1n) is 8.43. The summed E-state index contributed by atoms with van der Waals surface area (Å²) in [5.41, 5.74) is 0.439. The Kier molecular flexibility index (Phi) is 6.25. The fourth-order valence-electron chi connectivity index (χ4n) is 2.28. The minimum atomic E-state index is -3.86. The van der Waals surface area contributed by atoms with E-state index in [1.165, 1.54) is 43.8 Å². The molecule has 0 aliphatic heterocycles. The number of sulfonamides is 1. The number of rotatable bonds is 8. The Morgan fingerprint density at radius 1 is 1.03 bits per heavy atom. The van der Waals surface area contributed by atoms with Crippen molar-refractivity contribution < 1.29 is 22.7 Å². The van der Waals surface area contributed by atoms with E-state index in [1.54, 1.807) is 24.3 Å². The summed E-state index contributed by atoms with van der Waals surface area (Å²) in [6, 6.07) is 16.0. The third-order valence-corrected chi connectivity index (χ3v) is 5.02. The maximum atomic E-state index is 12.5. The van der Waals surface area contributed by atoms with E-state index in [1.807, 2.05) is 6.07 Å². The van der Waals surface area contributed by atoms with Crippen molar-refractivity contribution in [3.05, 3.63) is 67.0 Å². The number of hydrogen-bond donors (Lipinski definition) is 2. The maximum absolute atomic E-state index is 12.5. The first kappa shape index (κ1) is 20.1. The van der Waals surface area contributed by atoms with Crippen LogP contribution in [-0.2, 0) is 14.8 Å². The molecule has 1 heterocycles. The number of nitrogens with one attached hydrogen (secondary N) is 2. The third-order valence-electron chi connectivity index (χ3n) is 3.65. The van der Waals surface area contributed by atoms with Crippen molar-refractivity contribution in [3.63, 3.8) is 0 Å². The predicted molar refractivity (Wildman–Crippen MR) is 106 cm³/mol. The number of para-hydroxylation sites is 1. The second-order valence-corrected chi connectivity index (χ2v) is 7.41. The molecular formula is C19H18N4O5S. The van der Waals surface area contributed by atoms with Gasteiger partial charge in [0, 0.05) is 11.8 Å². The Bertz CT molecular complexity index is 1070. The number of hydrogen-bond acceptors (Lipinski definition) is 7. The zero-order chi connectivity index (χ0) is 20.7. The molecule has 0 saturated carbocycles. The highest BCUT2D eigenvalue weighted by Gasteiger charge is 2.15. The Morgan fingerprint density at radius 3 is 2.45 bits per heavy atom. The van der Waals surface area contributed by atoms with E-state index in [4.69, 9.17) is 9.47 Å². The van der Waals surface area contributed by atoms with E-state index < -0.39 is 10.0 Å². The average Bonchev–Trinajstić information content (AvgIpc) is 2.73. The zero-order valence-electron chi connectivity index (χ0n) is 15.4.